The Kier molecular flexibility index (Phi) is 6.36. The van der Waals surface area contributed by atoms with Gasteiger partial charge in [0.25, 0.3) is 0 Å². The zero-order valence-corrected chi connectivity index (χ0v) is 12.0. The minimum atomic E-state index is -0.771. The molecule has 1 aromatic rings. The lowest BCUT2D eigenvalue weighted by atomic mass is 10.1. The maximum Gasteiger partial charge on any atom is 0.316 e. The summed E-state index contributed by atoms with van der Waals surface area (Å²) in [6.07, 6.45) is 0. The van der Waals surface area contributed by atoms with E-state index >= 15 is 0 Å². The zero-order chi connectivity index (χ0) is 13.5. The van der Waals surface area contributed by atoms with E-state index in [2.05, 4.69) is 0 Å². The van der Waals surface area contributed by atoms with Crippen molar-refractivity contribution in [2.24, 2.45) is 5.92 Å². The molecule has 0 heterocycles. The van der Waals surface area contributed by atoms with Gasteiger partial charge in [0.05, 0.1) is 11.6 Å². The lowest BCUT2D eigenvalue weighted by Gasteiger charge is -2.15. The fourth-order valence-electron chi connectivity index (χ4n) is 1.44. The standard InChI is InChI=1S/C13H17ClO3S/c1-9(2)12(13(15)16)18-8-7-17-11-6-4-3-5-10(11)14/h3-6,9,12H,7-8H2,1-2H3,(H,15,16). The third-order valence-corrected chi connectivity index (χ3v) is 4.14. The molecule has 0 amide bonds. The van der Waals surface area contributed by atoms with E-state index in [1.807, 2.05) is 26.0 Å². The molecule has 1 aromatic carbocycles. The number of aliphatic carboxylic acids is 1. The summed E-state index contributed by atoms with van der Waals surface area (Å²) in [6.45, 7) is 4.26. The Bertz CT molecular complexity index is 396. The lowest BCUT2D eigenvalue weighted by molar-refractivity contribution is -0.137. The molecule has 0 aromatic heterocycles. The Morgan fingerprint density at radius 2 is 2.11 bits per heavy atom. The number of carboxylic acid groups (broad SMARTS) is 1. The van der Waals surface area contributed by atoms with Gasteiger partial charge in [-0.15, -0.1) is 11.8 Å². The van der Waals surface area contributed by atoms with Crippen LogP contribution in [0.1, 0.15) is 13.8 Å². The minimum Gasteiger partial charge on any atom is -0.491 e. The van der Waals surface area contributed by atoms with E-state index in [9.17, 15) is 4.79 Å². The molecular weight excluding hydrogens is 272 g/mol. The van der Waals surface area contributed by atoms with Crippen LogP contribution in [0.25, 0.3) is 0 Å². The molecule has 1 atom stereocenters. The summed E-state index contributed by atoms with van der Waals surface area (Å²) in [5, 5.41) is 9.20. The third kappa shape index (κ3) is 4.78. The predicted molar refractivity (Wildman–Crippen MR) is 75.7 cm³/mol. The number of halogens is 1. The smallest absolute Gasteiger partial charge is 0.316 e. The normalized spacial score (nSPS) is 12.4. The summed E-state index contributed by atoms with van der Waals surface area (Å²) in [4.78, 5) is 11.0. The van der Waals surface area contributed by atoms with E-state index in [1.54, 1.807) is 12.1 Å². The summed E-state index contributed by atoms with van der Waals surface area (Å²) in [5.41, 5.74) is 0. The highest BCUT2D eigenvalue weighted by Gasteiger charge is 2.21. The average Bonchev–Trinajstić information content (AvgIpc) is 2.30. The number of rotatable bonds is 7. The summed E-state index contributed by atoms with van der Waals surface area (Å²) in [6, 6.07) is 7.24. The number of thioether (sulfide) groups is 1. The van der Waals surface area contributed by atoms with Crippen molar-refractivity contribution in [1.29, 1.82) is 0 Å². The maximum atomic E-state index is 11.0. The highest BCUT2D eigenvalue weighted by Crippen LogP contribution is 2.24. The van der Waals surface area contributed by atoms with Gasteiger partial charge in [-0.05, 0) is 18.1 Å². The van der Waals surface area contributed by atoms with Gasteiger partial charge in [-0.1, -0.05) is 37.6 Å². The number of para-hydroxylation sites is 1. The van der Waals surface area contributed by atoms with Crippen molar-refractivity contribution < 1.29 is 14.6 Å². The first-order chi connectivity index (χ1) is 8.52. The number of carbonyl (C=O) groups is 1. The van der Waals surface area contributed by atoms with Crippen LogP contribution < -0.4 is 4.74 Å². The molecule has 18 heavy (non-hydrogen) atoms. The molecule has 0 saturated carbocycles. The number of hydrogen-bond donors (Lipinski definition) is 1. The Morgan fingerprint density at radius 3 is 2.67 bits per heavy atom. The molecule has 0 saturated heterocycles. The molecule has 5 heteroatoms. The molecular formula is C13H17ClO3S. The van der Waals surface area contributed by atoms with Crippen molar-refractivity contribution in [2.75, 3.05) is 12.4 Å². The quantitative estimate of drug-likeness (QED) is 0.779. The molecule has 0 aliphatic carbocycles. The Hall–Kier alpha value is -0.870. The molecule has 1 N–H and O–H groups in total. The SMILES string of the molecule is CC(C)C(SCCOc1ccccc1Cl)C(=O)O. The van der Waals surface area contributed by atoms with Crippen molar-refractivity contribution in [1.82, 2.24) is 0 Å². The van der Waals surface area contributed by atoms with Crippen LogP contribution >= 0.6 is 23.4 Å². The van der Waals surface area contributed by atoms with Crippen molar-refractivity contribution >= 4 is 29.3 Å². The first kappa shape index (κ1) is 15.2. The van der Waals surface area contributed by atoms with Gasteiger partial charge in [0, 0.05) is 5.75 Å². The van der Waals surface area contributed by atoms with E-state index in [0.29, 0.717) is 23.1 Å². The molecule has 100 valence electrons. The number of ether oxygens (including phenoxy) is 1. The van der Waals surface area contributed by atoms with Gasteiger partial charge in [-0.2, -0.15) is 0 Å². The molecule has 1 rings (SSSR count). The van der Waals surface area contributed by atoms with E-state index < -0.39 is 5.97 Å². The minimum absolute atomic E-state index is 0.104. The number of hydrogen-bond acceptors (Lipinski definition) is 3. The summed E-state index contributed by atoms with van der Waals surface area (Å²) < 4.78 is 5.50. The van der Waals surface area contributed by atoms with Crippen LogP contribution in [-0.4, -0.2) is 28.7 Å². The predicted octanol–water partition coefficient (Wildman–Crippen LogP) is 3.56. The van der Waals surface area contributed by atoms with Crippen molar-refractivity contribution in [3.05, 3.63) is 29.3 Å². The van der Waals surface area contributed by atoms with Gasteiger partial charge in [-0.25, -0.2) is 0 Å². The first-order valence-electron chi connectivity index (χ1n) is 5.74. The molecule has 1 unspecified atom stereocenters. The Balaban J connectivity index is 2.34. The topological polar surface area (TPSA) is 46.5 Å². The molecule has 0 spiro atoms. The van der Waals surface area contributed by atoms with E-state index in [0.717, 1.165) is 0 Å². The van der Waals surface area contributed by atoms with Crippen LogP contribution in [0, 0.1) is 5.92 Å². The van der Waals surface area contributed by atoms with Gasteiger partial charge in [0.1, 0.15) is 11.0 Å². The summed E-state index contributed by atoms with van der Waals surface area (Å²) >= 11 is 7.34. The highest BCUT2D eigenvalue weighted by molar-refractivity contribution is 8.00. The van der Waals surface area contributed by atoms with Crippen molar-refractivity contribution in [3.63, 3.8) is 0 Å². The van der Waals surface area contributed by atoms with Gasteiger partial charge >= 0.3 is 5.97 Å². The fourth-order valence-corrected chi connectivity index (χ4v) is 2.59. The van der Waals surface area contributed by atoms with Gasteiger partial charge in [-0.3, -0.25) is 4.79 Å². The lowest BCUT2D eigenvalue weighted by Crippen LogP contribution is -2.23. The van der Waals surface area contributed by atoms with E-state index in [4.69, 9.17) is 21.4 Å². The molecule has 0 aliphatic rings. The monoisotopic (exact) mass is 288 g/mol. The summed E-state index contributed by atoms with van der Waals surface area (Å²) in [5.74, 6) is 0.595. The van der Waals surface area contributed by atoms with Crippen LogP contribution in [0.15, 0.2) is 24.3 Å². The van der Waals surface area contributed by atoms with Crippen LogP contribution in [0.4, 0.5) is 0 Å². The average molecular weight is 289 g/mol. The Labute approximate surface area is 116 Å². The van der Waals surface area contributed by atoms with Crippen LogP contribution in [0.5, 0.6) is 5.75 Å². The van der Waals surface area contributed by atoms with Crippen LogP contribution in [0.3, 0.4) is 0 Å². The summed E-state index contributed by atoms with van der Waals surface area (Å²) in [7, 11) is 0. The van der Waals surface area contributed by atoms with Crippen molar-refractivity contribution in [3.8, 4) is 5.75 Å². The van der Waals surface area contributed by atoms with Crippen molar-refractivity contribution in [2.45, 2.75) is 19.1 Å². The van der Waals surface area contributed by atoms with Gasteiger partial charge in [0.15, 0.2) is 0 Å². The highest BCUT2D eigenvalue weighted by atomic mass is 35.5. The maximum absolute atomic E-state index is 11.0. The fraction of sp³-hybridized carbons (Fsp3) is 0.462. The van der Waals surface area contributed by atoms with Gasteiger partial charge < -0.3 is 9.84 Å². The van der Waals surface area contributed by atoms with E-state index in [1.165, 1.54) is 11.8 Å². The molecule has 3 nitrogen and oxygen atoms in total. The molecule has 0 aliphatic heterocycles. The second-order valence-electron chi connectivity index (χ2n) is 4.15. The molecule has 0 fully saturated rings. The largest absolute Gasteiger partial charge is 0.491 e. The molecule has 0 bridgehead atoms. The van der Waals surface area contributed by atoms with Gasteiger partial charge in [0.2, 0.25) is 0 Å². The Morgan fingerprint density at radius 1 is 1.44 bits per heavy atom. The first-order valence-corrected chi connectivity index (χ1v) is 7.16. The molecule has 0 radical (unpaired) electrons. The second kappa shape index (κ2) is 7.54. The third-order valence-electron chi connectivity index (χ3n) is 2.32. The number of benzene rings is 1. The number of carboxylic acids is 1. The second-order valence-corrected chi connectivity index (χ2v) is 5.81. The van der Waals surface area contributed by atoms with Crippen LogP contribution in [0.2, 0.25) is 5.02 Å². The van der Waals surface area contributed by atoms with Crippen LogP contribution in [-0.2, 0) is 4.79 Å². The van der Waals surface area contributed by atoms with E-state index in [-0.39, 0.29) is 11.2 Å². The zero-order valence-electron chi connectivity index (χ0n) is 10.4.